The monoisotopic (exact) mass is 242 g/mol. The van der Waals surface area contributed by atoms with Gasteiger partial charge in [-0.2, -0.15) is 0 Å². The zero-order valence-electron chi connectivity index (χ0n) is 8.33. The van der Waals surface area contributed by atoms with E-state index in [0.29, 0.717) is 16.1 Å². The highest BCUT2D eigenvalue weighted by atomic mass is 35.5. The third-order valence-electron chi connectivity index (χ3n) is 2.23. The van der Waals surface area contributed by atoms with Crippen molar-refractivity contribution in [3.8, 4) is 0 Å². The number of esters is 1. The smallest absolute Gasteiger partial charge is 0.345 e. The maximum absolute atomic E-state index is 13.6. The first kappa shape index (κ1) is 10.9. The summed E-state index contributed by atoms with van der Waals surface area (Å²) in [5, 5.41) is 0.424. The van der Waals surface area contributed by atoms with Crippen molar-refractivity contribution >= 4 is 28.6 Å². The van der Waals surface area contributed by atoms with Crippen LogP contribution in [0.3, 0.4) is 0 Å². The van der Waals surface area contributed by atoms with Crippen LogP contribution in [0.15, 0.2) is 18.5 Å². The fourth-order valence-corrected chi connectivity index (χ4v) is 1.64. The fraction of sp³-hybridized carbons (Fsp3) is 0.200. The molecule has 1 atom stereocenters. The maximum Gasteiger partial charge on any atom is 0.345 e. The molecule has 0 saturated carbocycles. The molecule has 0 saturated heterocycles. The van der Waals surface area contributed by atoms with Crippen molar-refractivity contribution in [1.29, 1.82) is 0 Å². The molecule has 1 N–H and O–H groups in total. The third kappa shape index (κ3) is 1.63. The van der Waals surface area contributed by atoms with Crippen molar-refractivity contribution < 1.29 is 13.9 Å². The summed E-state index contributed by atoms with van der Waals surface area (Å²) < 4.78 is 18.0. The summed E-state index contributed by atoms with van der Waals surface area (Å²) in [5.74, 6) is -0.956. The summed E-state index contributed by atoms with van der Waals surface area (Å²) >= 11 is 5.88. The lowest BCUT2D eigenvalue weighted by molar-refractivity contribution is -0.146. The molecule has 2 aromatic rings. The molecule has 2 rings (SSSR count). The Bertz CT molecular complexity index is 541. The number of ether oxygens (including phenoxy) is 1. The highest BCUT2D eigenvalue weighted by molar-refractivity contribution is 6.34. The van der Waals surface area contributed by atoms with Crippen LogP contribution in [0.2, 0.25) is 5.02 Å². The number of halogens is 2. The summed E-state index contributed by atoms with van der Waals surface area (Å²) in [6.07, 6.45) is 0.960. The normalized spacial score (nSPS) is 12.7. The van der Waals surface area contributed by atoms with Gasteiger partial charge in [0.25, 0.3) is 0 Å². The first-order valence-corrected chi connectivity index (χ1v) is 4.86. The summed E-state index contributed by atoms with van der Waals surface area (Å²) in [6.45, 7) is 0. The first-order chi connectivity index (χ1) is 7.65. The van der Waals surface area contributed by atoms with Gasteiger partial charge in [0, 0.05) is 18.0 Å². The highest BCUT2D eigenvalue weighted by Gasteiger charge is 2.24. The molecule has 84 valence electrons. The van der Waals surface area contributed by atoms with Crippen molar-refractivity contribution in [2.75, 3.05) is 7.11 Å². The first-order valence-electron chi connectivity index (χ1n) is 4.48. The number of nitrogens with one attached hydrogen (secondary N) is 1. The molecule has 16 heavy (non-hydrogen) atoms. The van der Waals surface area contributed by atoms with Crippen LogP contribution in [-0.2, 0) is 9.53 Å². The van der Waals surface area contributed by atoms with Crippen molar-refractivity contribution in [3.63, 3.8) is 0 Å². The SMILES string of the molecule is COC(=O)C(F)c1c[nH]c2c(Cl)ccnc12. The van der Waals surface area contributed by atoms with E-state index in [-0.39, 0.29) is 5.56 Å². The number of rotatable bonds is 2. The minimum Gasteiger partial charge on any atom is -0.467 e. The van der Waals surface area contributed by atoms with Crippen LogP contribution in [0.1, 0.15) is 11.7 Å². The van der Waals surface area contributed by atoms with E-state index in [1.165, 1.54) is 12.4 Å². The van der Waals surface area contributed by atoms with Gasteiger partial charge < -0.3 is 9.72 Å². The average molecular weight is 243 g/mol. The van der Waals surface area contributed by atoms with E-state index in [1.807, 2.05) is 0 Å². The van der Waals surface area contributed by atoms with Crippen LogP contribution < -0.4 is 0 Å². The summed E-state index contributed by atoms with van der Waals surface area (Å²) in [7, 11) is 1.13. The number of methoxy groups -OCH3 is 1. The maximum atomic E-state index is 13.6. The largest absolute Gasteiger partial charge is 0.467 e. The molecule has 1 unspecified atom stereocenters. The number of nitrogens with zero attached hydrogens (tertiary/aromatic N) is 1. The number of hydrogen-bond donors (Lipinski definition) is 1. The number of hydrogen-bond acceptors (Lipinski definition) is 3. The Morgan fingerprint density at radius 3 is 3.12 bits per heavy atom. The van der Waals surface area contributed by atoms with Gasteiger partial charge in [0.05, 0.1) is 23.2 Å². The van der Waals surface area contributed by atoms with Crippen molar-refractivity contribution in [3.05, 3.63) is 29.0 Å². The van der Waals surface area contributed by atoms with Gasteiger partial charge >= 0.3 is 5.97 Å². The van der Waals surface area contributed by atoms with E-state index in [1.54, 1.807) is 6.07 Å². The van der Waals surface area contributed by atoms with Gasteiger partial charge in [-0.3, -0.25) is 4.98 Å². The van der Waals surface area contributed by atoms with E-state index in [9.17, 15) is 9.18 Å². The minimum atomic E-state index is -1.86. The number of aromatic amines is 1. The molecule has 0 aliphatic rings. The van der Waals surface area contributed by atoms with Crippen LogP contribution in [0.5, 0.6) is 0 Å². The zero-order valence-corrected chi connectivity index (χ0v) is 9.08. The van der Waals surface area contributed by atoms with E-state index >= 15 is 0 Å². The van der Waals surface area contributed by atoms with Crippen LogP contribution in [0, 0.1) is 0 Å². The van der Waals surface area contributed by atoms with Crippen LogP contribution in [0.25, 0.3) is 11.0 Å². The fourth-order valence-electron chi connectivity index (χ4n) is 1.44. The lowest BCUT2D eigenvalue weighted by Gasteiger charge is -2.03. The van der Waals surface area contributed by atoms with Crippen molar-refractivity contribution in [1.82, 2.24) is 9.97 Å². The molecule has 0 aliphatic heterocycles. The van der Waals surface area contributed by atoms with E-state index in [2.05, 4.69) is 14.7 Å². The summed E-state index contributed by atoms with van der Waals surface area (Å²) in [4.78, 5) is 17.8. The number of fused-ring (bicyclic) bond motifs is 1. The van der Waals surface area contributed by atoms with Crippen molar-refractivity contribution in [2.24, 2.45) is 0 Å². The third-order valence-corrected chi connectivity index (χ3v) is 2.54. The second-order valence-electron chi connectivity index (χ2n) is 3.15. The summed E-state index contributed by atoms with van der Waals surface area (Å²) in [5.41, 5.74) is 0.973. The molecule has 6 heteroatoms. The van der Waals surface area contributed by atoms with Gasteiger partial charge in [-0.25, -0.2) is 9.18 Å². The Morgan fingerprint density at radius 2 is 2.44 bits per heavy atom. The predicted octanol–water partition coefficient (Wildman–Crippen LogP) is 2.40. The molecular formula is C10H8ClFN2O2. The van der Waals surface area contributed by atoms with Crippen molar-refractivity contribution in [2.45, 2.75) is 6.17 Å². The van der Waals surface area contributed by atoms with E-state index < -0.39 is 12.1 Å². The standard InChI is InChI=1S/C10H8ClFN2O2/c1-16-10(15)7(12)5-4-14-9-6(11)2-3-13-8(5)9/h2-4,7,14H,1H3. The van der Waals surface area contributed by atoms with Crippen LogP contribution in [-0.4, -0.2) is 23.0 Å². The molecule has 0 spiro atoms. The molecule has 0 amide bonds. The quantitative estimate of drug-likeness (QED) is 0.823. The number of aromatic nitrogens is 2. The Morgan fingerprint density at radius 1 is 1.69 bits per heavy atom. The van der Waals surface area contributed by atoms with E-state index in [4.69, 9.17) is 11.6 Å². The number of H-pyrrole nitrogens is 1. The van der Waals surface area contributed by atoms with Gasteiger partial charge in [0.1, 0.15) is 0 Å². The molecule has 4 nitrogen and oxygen atoms in total. The van der Waals surface area contributed by atoms with Gasteiger partial charge in [-0.1, -0.05) is 11.6 Å². The second-order valence-corrected chi connectivity index (χ2v) is 3.55. The Kier molecular flexibility index (Phi) is 2.78. The minimum absolute atomic E-state index is 0.129. The number of carbonyl (C=O) groups is 1. The number of alkyl halides is 1. The number of carbonyl (C=O) groups excluding carboxylic acids is 1. The predicted molar refractivity (Wildman–Crippen MR) is 57.0 cm³/mol. The van der Waals surface area contributed by atoms with Crippen LogP contribution in [0.4, 0.5) is 4.39 Å². The molecule has 2 heterocycles. The zero-order chi connectivity index (χ0) is 11.7. The lowest BCUT2D eigenvalue weighted by Crippen LogP contribution is -2.09. The summed E-state index contributed by atoms with van der Waals surface area (Å²) in [6, 6.07) is 1.58. The molecule has 0 bridgehead atoms. The van der Waals surface area contributed by atoms with Gasteiger partial charge in [-0.15, -0.1) is 0 Å². The van der Waals surface area contributed by atoms with Gasteiger partial charge in [-0.05, 0) is 6.07 Å². The van der Waals surface area contributed by atoms with Crippen LogP contribution >= 0.6 is 11.6 Å². The molecular weight excluding hydrogens is 235 g/mol. The molecule has 0 aromatic carbocycles. The second kappa shape index (κ2) is 4.09. The highest BCUT2D eigenvalue weighted by Crippen LogP contribution is 2.29. The van der Waals surface area contributed by atoms with E-state index in [0.717, 1.165) is 7.11 Å². The topological polar surface area (TPSA) is 55.0 Å². The molecule has 0 radical (unpaired) electrons. The Balaban J connectivity index is 2.54. The lowest BCUT2D eigenvalue weighted by atomic mass is 10.2. The number of pyridine rings is 1. The molecule has 2 aromatic heterocycles. The molecule has 0 aliphatic carbocycles. The molecule has 0 fully saturated rings. The van der Waals surface area contributed by atoms with Gasteiger partial charge in [0.2, 0.25) is 6.17 Å². The Labute approximate surface area is 95.4 Å². The van der Waals surface area contributed by atoms with Gasteiger partial charge in [0.15, 0.2) is 0 Å². The Hall–Kier alpha value is -1.62. The average Bonchev–Trinajstić information content (AvgIpc) is 2.72.